The van der Waals surface area contributed by atoms with E-state index in [1.165, 1.54) is 10.8 Å². The van der Waals surface area contributed by atoms with Crippen molar-refractivity contribution in [2.75, 3.05) is 0 Å². The predicted octanol–water partition coefficient (Wildman–Crippen LogP) is 3.50. The van der Waals surface area contributed by atoms with E-state index in [0.29, 0.717) is 0 Å². The van der Waals surface area contributed by atoms with Crippen LogP contribution in [0.15, 0.2) is 48.5 Å². The van der Waals surface area contributed by atoms with Gasteiger partial charge in [-0.05, 0) is 39.7 Å². The molecule has 3 rings (SSSR count). The van der Waals surface area contributed by atoms with Gasteiger partial charge in [0.1, 0.15) is 5.75 Å². The van der Waals surface area contributed by atoms with Crippen molar-refractivity contribution in [3.63, 3.8) is 0 Å². The zero-order chi connectivity index (χ0) is 10.3. The maximum atomic E-state index is 9.35. The van der Waals surface area contributed by atoms with E-state index in [-0.39, 0.29) is 5.75 Å². The van der Waals surface area contributed by atoms with Crippen molar-refractivity contribution in [3.05, 3.63) is 54.6 Å². The average molecular weight is 193 g/mol. The maximum Gasteiger partial charge on any atom is 0.124 e. The Morgan fingerprint density at radius 1 is 0.800 bits per heavy atom. The fourth-order valence-electron chi connectivity index (χ4n) is 1.85. The van der Waals surface area contributed by atoms with Gasteiger partial charge in [0, 0.05) is 6.07 Å². The smallest absolute Gasteiger partial charge is 0.124 e. The summed E-state index contributed by atoms with van der Waals surface area (Å²) in [5.74, 6) is 0.192. The van der Waals surface area contributed by atoms with Gasteiger partial charge in [-0.15, -0.1) is 0 Å². The Balaban J connectivity index is 2.47. The molecule has 0 aliphatic rings. The van der Waals surface area contributed by atoms with Gasteiger partial charge in [0.2, 0.25) is 0 Å². The molecule has 71 valence electrons. The van der Waals surface area contributed by atoms with E-state index in [9.17, 15) is 5.11 Å². The Morgan fingerprint density at radius 3 is 2.33 bits per heavy atom. The quantitative estimate of drug-likeness (QED) is 0.542. The molecule has 0 unspecified atom stereocenters. The molecule has 0 atom stereocenters. The number of rotatable bonds is 0. The van der Waals surface area contributed by atoms with Gasteiger partial charge < -0.3 is 5.11 Å². The monoisotopic (exact) mass is 193 g/mol. The molecule has 0 aromatic heterocycles. The summed E-state index contributed by atoms with van der Waals surface area (Å²) >= 11 is 0. The van der Waals surface area contributed by atoms with E-state index in [1.807, 2.05) is 24.3 Å². The summed E-state index contributed by atoms with van der Waals surface area (Å²) in [6.45, 7) is 0. The first-order chi connectivity index (χ1) is 7.33. The van der Waals surface area contributed by atoms with Crippen LogP contribution in [0.25, 0.3) is 21.5 Å². The summed E-state index contributed by atoms with van der Waals surface area (Å²) in [4.78, 5) is 0. The lowest BCUT2D eigenvalue weighted by Crippen LogP contribution is -1.76. The minimum Gasteiger partial charge on any atom is -0.507 e. The minimum absolute atomic E-state index is 0.192. The third kappa shape index (κ3) is 1.33. The van der Waals surface area contributed by atoms with Crippen LogP contribution >= 0.6 is 0 Å². The van der Waals surface area contributed by atoms with E-state index in [1.54, 1.807) is 6.07 Å². The summed E-state index contributed by atoms with van der Waals surface area (Å²) in [7, 11) is 0. The van der Waals surface area contributed by atoms with Gasteiger partial charge in [0.25, 0.3) is 0 Å². The molecule has 15 heavy (non-hydrogen) atoms. The van der Waals surface area contributed by atoms with Crippen LogP contribution in [0.1, 0.15) is 0 Å². The number of aromatic hydroxyl groups is 1. The van der Waals surface area contributed by atoms with Crippen LogP contribution in [0.3, 0.4) is 0 Å². The topological polar surface area (TPSA) is 20.2 Å². The van der Waals surface area contributed by atoms with Crippen LogP contribution in [0.2, 0.25) is 0 Å². The fraction of sp³-hybridized carbons (Fsp3) is 0. The Bertz CT molecular complexity index is 641. The third-order valence-corrected chi connectivity index (χ3v) is 2.60. The van der Waals surface area contributed by atoms with Crippen molar-refractivity contribution < 1.29 is 5.11 Å². The summed E-state index contributed by atoms with van der Waals surface area (Å²) in [5, 5.41) is 13.8. The van der Waals surface area contributed by atoms with Gasteiger partial charge in [0.15, 0.2) is 0 Å². The van der Waals surface area contributed by atoms with Gasteiger partial charge in [-0.25, -0.2) is 0 Å². The van der Waals surface area contributed by atoms with Crippen LogP contribution in [-0.2, 0) is 0 Å². The van der Waals surface area contributed by atoms with Crippen LogP contribution in [-0.4, -0.2) is 5.11 Å². The highest BCUT2D eigenvalue weighted by molar-refractivity contribution is 5.98. The molecule has 0 fully saturated rings. The molecule has 0 aliphatic heterocycles. The van der Waals surface area contributed by atoms with E-state index >= 15 is 0 Å². The molecule has 0 amide bonds. The van der Waals surface area contributed by atoms with Crippen molar-refractivity contribution in [1.82, 2.24) is 0 Å². The lowest BCUT2D eigenvalue weighted by Gasteiger charge is -2.01. The fourth-order valence-corrected chi connectivity index (χ4v) is 1.85. The van der Waals surface area contributed by atoms with Crippen molar-refractivity contribution >= 4 is 21.5 Å². The standard InChI is InChI=1S/C14H9O/c15-14-6-5-12-7-10-3-1-2-4-11(10)8-13(12)9-14/h1-8,15H. The highest BCUT2D eigenvalue weighted by Gasteiger charge is 1.98. The zero-order valence-corrected chi connectivity index (χ0v) is 8.07. The summed E-state index contributed by atoms with van der Waals surface area (Å²) in [6.07, 6.45) is 0. The minimum atomic E-state index is 0.192. The van der Waals surface area contributed by atoms with Gasteiger partial charge in [0.05, 0.1) is 0 Å². The Labute approximate surface area is 87.6 Å². The highest BCUT2D eigenvalue weighted by Crippen LogP contribution is 2.24. The molecular weight excluding hydrogens is 184 g/mol. The second-order valence-corrected chi connectivity index (χ2v) is 3.63. The Hall–Kier alpha value is -2.02. The molecule has 1 heteroatoms. The SMILES string of the molecule is Oc1[c]c2cc3ccccc3cc2cc1. The zero-order valence-electron chi connectivity index (χ0n) is 8.07. The van der Waals surface area contributed by atoms with Crippen molar-refractivity contribution in [2.45, 2.75) is 0 Å². The first-order valence-electron chi connectivity index (χ1n) is 4.87. The van der Waals surface area contributed by atoms with Gasteiger partial charge >= 0.3 is 0 Å². The van der Waals surface area contributed by atoms with Crippen LogP contribution in [0.5, 0.6) is 5.75 Å². The first kappa shape index (κ1) is 8.30. The Morgan fingerprint density at radius 2 is 1.53 bits per heavy atom. The molecule has 0 heterocycles. The molecule has 3 aromatic carbocycles. The molecule has 1 radical (unpaired) electrons. The second kappa shape index (κ2) is 2.99. The van der Waals surface area contributed by atoms with E-state index in [4.69, 9.17) is 0 Å². The molecular formula is C14H9O. The van der Waals surface area contributed by atoms with Crippen LogP contribution in [0.4, 0.5) is 0 Å². The van der Waals surface area contributed by atoms with Crippen LogP contribution in [0, 0.1) is 6.07 Å². The number of phenolic OH excluding ortho intramolecular Hbond substituents is 1. The number of fused-ring (bicyclic) bond motifs is 2. The molecule has 0 aliphatic carbocycles. The highest BCUT2D eigenvalue weighted by atomic mass is 16.3. The molecule has 0 bridgehead atoms. The molecule has 1 N–H and O–H groups in total. The van der Waals surface area contributed by atoms with E-state index in [0.717, 1.165) is 10.8 Å². The number of hydrogen-bond acceptors (Lipinski definition) is 1. The molecule has 3 aromatic rings. The molecule has 0 saturated carbocycles. The normalized spacial score (nSPS) is 10.9. The summed E-state index contributed by atoms with van der Waals surface area (Å²) in [5.41, 5.74) is 0. The average Bonchev–Trinajstić information content (AvgIpc) is 2.26. The lowest BCUT2D eigenvalue weighted by atomic mass is 10.0. The maximum absolute atomic E-state index is 9.35. The van der Waals surface area contributed by atoms with Crippen LogP contribution < -0.4 is 0 Å². The van der Waals surface area contributed by atoms with Crippen molar-refractivity contribution in [2.24, 2.45) is 0 Å². The molecule has 1 nitrogen and oxygen atoms in total. The van der Waals surface area contributed by atoms with Gasteiger partial charge in [-0.3, -0.25) is 0 Å². The summed E-state index contributed by atoms with van der Waals surface area (Å²) in [6, 6.07) is 18.9. The van der Waals surface area contributed by atoms with Gasteiger partial charge in [-0.1, -0.05) is 30.3 Å². The van der Waals surface area contributed by atoms with Crippen molar-refractivity contribution in [1.29, 1.82) is 0 Å². The largest absolute Gasteiger partial charge is 0.507 e. The Kier molecular flexibility index (Phi) is 1.65. The molecule has 0 spiro atoms. The lowest BCUT2D eigenvalue weighted by molar-refractivity contribution is 0.475. The number of benzene rings is 3. The third-order valence-electron chi connectivity index (χ3n) is 2.60. The van der Waals surface area contributed by atoms with E-state index in [2.05, 4.69) is 24.3 Å². The predicted molar refractivity (Wildman–Crippen MR) is 62.0 cm³/mol. The van der Waals surface area contributed by atoms with Gasteiger partial charge in [-0.2, -0.15) is 0 Å². The van der Waals surface area contributed by atoms with Crippen molar-refractivity contribution in [3.8, 4) is 5.75 Å². The molecule has 0 saturated heterocycles. The number of hydrogen-bond donors (Lipinski definition) is 1. The first-order valence-corrected chi connectivity index (χ1v) is 4.87. The van der Waals surface area contributed by atoms with E-state index < -0.39 is 0 Å². The number of phenols is 1. The second-order valence-electron chi connectivity index (χ2n) is 3.63. The summed E-state index contributed by atoms with van der Waals surface area (Å²) < 4.78 is 0.